The van der Waals surface area contributed by atoms with Gasteiger partial charge in [0.2, 0.25) is 0 Å². The molecule has 0 atom stereocenters. The molecule has 0 spiro atoms. The fraction of sp³-hybridized carbons (Fsp3) is 0. The van der Waals surface area contributed by atoms with Crippen molar-refractivity contribution >= 4 is 59.3 Å². The van der Waals surface area contributed by atoms with Gasteiger partial charge in [0, 0.05) is 37.0 Å². The third-order valence-electron chi connectivity index (χ3n) is 10.5. The summed E-state index contributed by atoms with van der Waals surface area (Å²) in [7, 11) is 0. The molecule has 0 saturated heterocycles. The minimum Gasteiger partial charge on any atom is -0.309 e. The van der Waals surface area contributed by atoms with Gasteiger partial charge in [0.05, 0.1) is 11.4 Å². The van der Waals surface area contributed by atoms with E-state index in [0.29, 0.717) is 0 Å². The molecule has 1 aromatic heterocycles. The standard InChI is InChI=1S/C52H35NS/c1-2-14-36(15-3-1)37-28-30-39(31-29-37)45-21-6-9-25-49(45)53(42-32-33-48-47-23-8-11-27-51(47)54-52(48)35-42)50-26-10-7-22-46(50)41-19-12-18-40(34-41)44-24-13-17-38-16-4-5-20-43(38)44/h1-35H. The van der Waals surface area contributed by atoms with Crippen molar-refractivity contribution in [3.05, 3.63) is 212 Å². The van der Waals surface area contributed by atoms with E-state index in [4.69, 9.17) is 0 Å². The summed E-state index contributed by atoms with van der Waals surface area (Å²) < 4.78 is 2.58. The maximum atomic E-state index is 2.46. The fourth-order valence-corrected chi connectivity index (χ4v) is 9.03. The normalized spacial score (nSPS) is 11.3. The Kier molecular flexibility index (Phi) is 8.09. The Morgan fingerprint density at radius 2 is 0.815 bits per heavy atom. The second kappa shape index (κ2) is 13.7. The van der Waals surface area contributed by atoms with E-state index in [9.17, 15) is 0 Å². The number of hydrogen-bond donors (Lipinski definition) is 0. The molecule has 0 aliphatic heterocycles. The van der Waals surface area contributed by atoms with Crippen molar-refractivity contribution in [3.63, 3.8) is 0 Å². The van der Waals surface area contributed by atoms with Crippen LogP contribution in [0, 0.1) is 0 Å². The van der Waals surface area contributed by atoms with E-state index >= 15 is 0 Å². The first-order chi connectivity index (χ1) is 26.8. The highest BCUT2D eigenvalue weighted by Gasteiger charge is 2.21. The zero-order valence-corrected chi connectivity index (χ0v) is 30.4. The third-order valence-corrected chi connectivity index (χ3v) is 11.6. The van der Waals surface area contributed by atoms with Crippen LogP contribution < -0.4 is 4.90 Å². The van der Waals surface area contributed by atoms with Crippen LogP contribution in [0.25, 0.3) is 75.5 Å². The van der Waals surface area contributed by atoms with Crippen molar-refractivity contribution in [3.8, 4) is 44.5 Å². The number of benzene rings is 9. The molecular weight excluding hydrogens is 671 g/mol. The number of anilines is 3. The molecule has 1 heterocycles. The van der Waals surface area contributed by atoms with Crippen LogP contribution in [0.15, 0.2) is 212 Å². The molecular formula is C52H35NS. The fourth-order valence-electron chi connectivity index (χ4n) is 7.89. The highest BCUT2D eigenvalue weighted by Crippen LogP contribution is 2.47. The van der Waals surface area contributed by atoms with Crippen molar-refractivity contribution in [2.75, 3.05) is 4.90 Å². The lowest BCUT2D eigenvalue weighted by Gasteiger charge is -2.30. The van der Waals surface area contributed by atoms with Crippen molar-refractivity contribution in [2.45, 2.75) is 0 Å². The number of para-hydroxylation sites is 2. The minimum atomic E-state index is 1.13. The Labute approximate surface area is 319 Å². The monoisotopic (exact) mass is 705 g/mol. The summed E-state index contributed by atoms with van der Waals surface area (Å²) in [6, 6.07) is 77.2. The number of thiophene rings is 1. The summed E-state index contributed by atoms with van der Waals surface area (Å²) in [5.74, 6) is 0. The van der Waals surface area contributed by atoms with E-state index in [1.54, 1.807) is 0 Å². The summed E-state index contributed by atoms with van der Waals surface area (Å²) >= 11 is 1.86. The van der Waals surface area contributed by atoms with Crippen LogP contribution in [-0.2, 0) is 0 Å². The van der Waals surface area contributed by atoms with Gasteiger partial charge < -0.3 is 4.90 Å². The molecule has 0 amide bonds. The lowest BCUT2D eigenvalue weighted by atomic mass is 9.94. The quantitative estimate of drug-likeness (QED) is 0.160. The molecule has 1 nitrogen and oxygen atoms in total. The topological polar surface area (TPSA) is 3.24 Å². The van der Waals surface area contributed by atoms with Gasteiger partial charge in [-0.05, 0) is 80.6 Å². The average molecular weight is 706 g/mol. The van der Waals surface area contributed by atoms with Crippen LogP contribution in [0.5, 0.6) is 0 Å². The van der Waals surface area contributed by atoms with Gasteiger partial charge in [-0.15, -0.1) is 11.3 Å². The Morgan fingerprint density at radius 3 is 1.61 bits per heavy atom. The predicted molar refractivity (Wildman–Crippen MR) is 233 cm³/mol. The van der Waals surface area contributed by atoms with Crippen LogP contribution in [0.3, 0.4) is 0 Å². The first-order valence-electron chi connectivity index (χ1n) is 18.4. The van der Waals surface area contributed by atoms with E-state index < -0.39 is 0 Å². The molecule has 254 valence electrons. The molecule has 10 aromatic rings. The number of fused-ring (bicyclic) bond motifs is 4. The van der Waals surface area contributed by atoms with Gasteiger partial charge in [-0.3, -0.25) is 0 Å². The molecule has 0 radical (unpaired) electrons. The summed E-state index contributed by atoms with van der Waals surface area (Å²) in [4.78, 5) is 2.46. The summed E-state index contributed by atoms with van der Waals surface area (Å²) in [5, 5.41) is 5.10. The van der Waals surface area contributed by atoms with Gasteiger partial charge in [0.1, 0.15) is 0 Å². The van der Waals surface area contributed by atoms with Crippen LogP contribution in [0.2, 0.25) is 0 Å². The van der Waals surface area contributed by atoms with Crippen molar-refractivity contribution in [1.82, 2.24) is 0 Å². The molecule has 0 N–H and O–H groups in total. The highest BCUT2D eigenvalue weighted by atomic mass is 32.1. The van der Waals surface area contributed by atoms with Crippen molar-refractivity contribution < 1.29 is 0 Å². The Morgan fingerprint density at radius 1 is 0.296 bits per heavy atom. The number of nitrogens with zero attached hydrogens (tertiary/aromatic N) is 1. The van der Waals surface area contributed by atoms with E-state index in [1.807, 2.05) is 11.3 Å². The van der Waals surface area contributed by atoms with Gasteiger partial charge in [-0.1, -0.05) is 176 Å². The lowest BCUT2D eigenvalue weighted by Crippen LogP contribution is -2.12. The zero-order valence-electron chi connectivity index (χ0n) is 29.6. The number of hydrogen-bond acceptors (Lipinski definition) is 2. The van der Waals surface area contributed by atoms with Crippen LogP contribution in [-0.4, -0.2) is 0 Å². The Bertz CT molecular complexity index is 2930. The molecule has 2 heteroatoms. The second-order valence-electron chi connectivity index (χ2n) is 13.7. The lowest BCUT2D eigenvalue weighted by molar-refractivity contribution is 1.29. The van der Waals surface area contributed by atoms with E-state index in [2.05, 4.69) is 217 Å². The molecule has 0 unspecified atom stereocenters. The van der Waals surface area contributed by atoms with Crippen LogP contribution >= 0.6 is 11.3 Å². The summed E-state index contributed by atoms with van der Waals surface area (Å²) in [5.41, 5.74) is 12.9. The average Bonchev–Trinajstić information content (AvgIpc) is 3.62. The van der Waals surface area contributed by atoms with E-state index in [0.717, 1.165) is 17.1 Å². The first kappa shape index (κ1) is 32.0. The molecule has 0 aliphatic rings. The number of rotatable bonds is 7. The van der Waals surface area contributed by atoms with E-state index in [-0.39, 0.29) is 0 Å². The van der Waals surface area contributed by atoms with Crippen molar-refractivity contribution in [1.29, 1.82) is 0 Å². The summed E-state index contributed by atoms with van der Waals surface area (Å²) in [6.07, 6.45) is 0. The molecule has 0 fully saturated rings. The molecule has 10 rings (SSSR count). The molecule has 0 saturated carbocycles. The van der Waals surface area contributed by atoms with E-state index in [1.165, 1.54) is 75.5 Å². The second-order valence-corrected chi connectivity index (χ2v) is 14.8. The van der Waals surface area contributed by atoms with Gasteiger partial charge in [0.25, 0.3) is 0 Å². The van der Waals surface area contributed by atoms with Gasteiger partial charge in [0.15, 0.2) is 0 Å². The minimum absolute atomic E-state index is 1.13. The molecule has 9 aromatic carbocycles. The smallest absolute Gasteiger partial charge is 0.0540 e. The van der Waals surface area contributed by atoms with Gasteiger partial charge in [-0.2, -0.15) is 0 Å². The third kappa shape index (κ3) is 5.74. The first-order valence-corrected chi connectivity index (χ1v) is 19.2. The van der Waals surface area contributed by atoms with Crippen LogP contribution in [0.4, 0.5) is 17.1 Å². The Hall–Kier alpha value is -6.74. The summed E-state index contributed by atoms with van der Waals surface area (Å²) in [6.45, 7) is 0. The van der Waals surface area contributed by atoms with Crippen molar-refractivity contribution in [2.24, 2.45) is 0 Å². The largest absolute Gasteiger partial charge is 0.309 e. The zero-order chi connectivity index (χ0) is 35.8. The molecule has 0 bridgehead atoms. The Balaban J connectivity index is 1.16. The maximum Gasteiger partial charge on any atom is 0.0540 e. The highest BCUT2D eigenvalue weighted by molar-refractivity contribution is 7.25. The molecule has 0 aliphatic carbocycles. The van der Waals surface area contributed by atoms with Crippen LogP contribution in [0.1, 0.15) is 0 Å². The SMILES string of the molecule is c1ccc(-c2ccc(-c3ccccc3N(c3ccc4c(c3)sc3ccccc34)c3ccccc3-c3cccc(-c4cccc5ccccc45)c3)cc2)cc1. The predicted octanol–water partition coefficient (Wildman–Crippen LogP) is 15.3. The maximum absolute atomic E-state index is 2.46. The van der Waals surface area contributed by atoms with Gasteiger partial charge >= 0.3 is 0 Å². The molecule has 54 heavy (non-hydrogen) atoms. The van der Waals surface area contributed by atoms with Gasteiger partial charge in [-0.25, -0.2) is 0 Å².